The second-order valence-electron chi connectivity index (χ2n) is 18.5. The number of carbonyl (C=O) groups is 1. The molecule has 0 saturated carbocycles. The van der Waals surface area contributed by atoms with Crippen LogP contribution in [0.5, 0.6) is 34.5 Å². The number of phenolic OH excluding ortho intramolecular Hbond substituents is 4. The highest BCUT2D eigenvalue weighted by Crippen LogP contribution is 2.27. The lowest BCUT2D eigenvalue weighted by Crippen LogP contribution is -2.14. The first-order valence-electron chi connectivity index (χ1n) is 26.2. The first-order chi connectivity index (χ1) is 40.1. The molecule has 6 aromatic carbocycles. The van der Waals surface area contributed by atoms with E-state index in [2.05, 4.69) is 58.7 Å². The van der Waals surface area contributed by atoms with Crippen LogP contribution in [0.4, 0.5) is 11.5 Å². The van der Waals surface area contributed by atoms with Crippen molar-refractivity contribution in [3.05, 3.63) is 237 Å². The van der Waals surface area contributed by atoms with E-state index in [1.165, 1.54) is 4.88 Å². The lowest BCUT2D eigenvalue weighted by atomic mass is 10.2. The maximum atomic E-state index is 11.9. The van der Waals surface area contributed by atoms with E-state index in [1.807, 2.05) is 151 Å². The fourth-order valence-electron chi connectivity index (χ4n) is 8.54. The van der Waals surface area contributed by atoms with Crippen molar-refractivity contribution in [3.63, 3.8) is 0 Å². The molecule has 0 aliphatic carbocycles. The molecule has 6 heterocycles. The Morgan fingerprint density at radius 2 is 0.890 bits per heavy atom. The van der Waals surface area contributed by atoms with Crippen molar-refractivity contribution in [2.45, 2.75) is 39.1 Å². The average Bonchev–Trinajstić information content (AvgIpc) is 4.36. The van der Waals surface area contributed by atoms with Crippen LogP contribution in [-0.4, -0.2) is 60.5 Å². The molecule has 0 bridgehead atoms. The molecule has 0 saturated heterocycles. The fourth-order valence-corrected chi connectivity index (χ4v) is 9.92. The van der Waals surface area contributed by atoms with Gasteiger partial charge in [0.1, 0.15) is 62.4 Å². The van der Waals surface area contributed by atoms with Crippen LogP contribution >= 0.6 is 22.7 Å². The molecule has 82 heavy (non-hydrogen) atoms. The van der Waals surface area contributed by atoms with Crippen LogP contribution in [0.1, 0.15) is 32.4 Å². The van der Waals surface area contributed by atoms with Gasteiger partial charge in [0.15, 0.2) is 0 Å². The second-order valence-corrected chi connectivity index (χ2v) is 20.6. The smallest absolute Gasteiger partial charge is 0.230 e. The number of aromatic hydroxyl groups is 4. The molecule has 0 fully saturated rings. The zero-order valence-electron chi connectivity index (χ0n) is 45.0. The summed E-state index contributed by atoms with van der Waals surface area (Å²) in [6, 6.07) is 60.5. The van der Waals surface area contributed by atoms with Crippen LogP contribution in [0.3, 0.4) is 0 Å². The molecule has 12 rings (SSSR count). The van der Waals surface area contributed by atoms with Crippen molar-refractivity contribution >= 4 is 83.7 Å². The molecule has 8 N–H and O–H groups in total. The number of aromatic nitrogens is 4. The van der Waals surface area contributed by atoms with E-state index in [0.29, 0.717) is 53.9 Å². The Morgan fingerprint density at radius 3 is 1.40 bits per heavy atom. The van der Waals surface area contributed by atoms with Gasteiger partial charge >= 0.3 is 0 Å². The van der Waals surface area contributed by atoms with Crippen LogP contribution in [0.15, 0.2) is 205 Å². The van der Waals surface area contributed by atoms with Gasteiger partial charge in [-0.1, -0.05) is 97.1 Å². The number of benzene rings is 6. The van der Waals surface area contributed by atoms with Crippen LogP contribution < -0.4 is 30.7 Å². The molecule has 0 aliphatic heterocycles. The molecule has 12 aromatic rings. The highest BCUT2D eigenvalue weighted by Gasteiger charge is 2.10. The van der Waals surface area contributed by atoms with Crippen molar-refractivity contribution in [1.82, 2.24) is 30.6 Å². The molecule has 0 radical (unpaired) electrons. The first-order valence-corrected chi connectivity index (χ1v) is 27.9. The van der Waals surface area contributed by atoms with Gasteiger partial charge in [-0.15, -0.1) is 22.7 Å². The van der Waals surface area contributed by atoms with E-state index in [1.54, 1.807) is 73.3 Å². The zero-order valence-corrected chi connectivity index (χ0v) is 46.6. The fraction of sp³-hybridized carbons (Fsp3) is 0.123. The lowest BCUT2D eigenvalue weighted by molar-refractivity contribution is -0.115. The van der Waals surface area contributed by atoms with Gasteiger partial charge in [-0.3, -0.25) is 4.79 Å². The number of para-hydroxylation sites is 4. The van der Waals surface area contributed by atoms with Gasteiger partial charge in [0.2, 0.25) is 5.91 Å². The molecule has 17 heteroatoms. The third-order valence-electron chi connectivity index (χ3n) is 12.6. The molecule has 414 valence electrons. The number of methoxy groups -OCH3 is 2. The topological polar surface area (TPSA) is 216 Å². The summed E-state index contributed by atoms with van der Waals surface area (Å²) in [6.07, 6.45) is 0.332. The van der Waals surface area contributed by atoms with Gasteiger partial charge in [0, 0.05) is 69.2 Å². The van der Waals surface area contributed by atoms with Crippen molar-refractivity contribution in [3.8, 4) is 34.5 Å². The van der Waals surface area contributed by atoms with Gasteiger partial charge in [0.25, 0.3) is 0 Å². The number of rotatable bonds is 16. The van der Waals surface area contributed by atoms with E-state index in [9.17, 15) is 25.2 Å². The van der Waals surface area contributed by atoms with Gasteiger partial charge in [-0.2, -0.15) is 0 Å². The third kappa shape index (κ3) is 16.0. The summed E-state index contributed by atoms with van der Waals surface area (Å²) in [6.45, 7) is 3.50. The van der Waals surface area contributed by atoms with Gasteiger partial charge in [0.05, 0.1) is 44.3 Å². The largest absolute Gasteiger partial charge is 0.506 e. The number of phenols is 4. The van der Waals surface area contributed by atoms with Crippen LogP contribution in [0.2, 0.25) is 0 Å². The summed E-state index contributed by atoms with van der Waals surface area (Å²) in [7, 11) is 3.31. The molecular formula is C65H60N8O7S2. The Labute approximate surface area is 482 Å². The van der Waals surface area contributed by atoms with Gasteiger partial charge in [-0.05, 0) is 107 Å². The minimum Gasteiger partial charge on any atom is -0.506 e. The third-order valence-corrected chi connectivity index (χ3v) is 14.4. The van der Waals surface area contributed by atoms with Gasteiger partial charge < -0.3 is 51.2 Å². The predicted molar refractivity (Wildman–Crippen MR) is 329 cm³/mol. The molecule has 0 atom stereocenters. The van der Waals surface area contributed by atoms with E-state index in [0.717, 1.165) is 79.3 Å². The normalized spacial score (nSPS) is 10.7. The Balaban J connectivity index is 0.000000132. The summed E-state index contributed by atoms with van der Waals surface area (Å²) in [5, 5.41) is 59.7. The standard InChI is InChI=1S/C18H18N2O2.C17H16N2O2.C15H12N2O2S.C15H14N2OS/c1-22-16-6-2-4-13(10-16)11-19-12-15-9-8-14-5-3-7-17(21)18(14)20-15;1-21-15-6-3-5-13(10-15)18-11-14-9-8-12-4-2-7-16(20)17(12)19-14;18-12-5-1-3-10-6-7-13(17-15(10)12)16-14(19)9-11-4-2-8-20-11;18-14-5-1-3-11-6-7-12(17-15(11)14)9-16-10-13-4-2-8-19-13/h2-10,19,21H,11-12H2,1H3;2-10,18,20H,11H2,1H3;1-8,18H,9H2,(H,16,17,19);1-8,16,18H,9-10H2. The number of nitrogens with zero attached hydrogens (tertiary/aromatic N) is 4. The summed E-state index contributed by atoms with van der Waals surface area (Å²) in [5.74, 6) is 2.75. The van der Waals surface area contributed by atoms with Crippen molar-refractivity contribution in [1.29, 1.82) is 0 Å². The van der Waals surface area contributed by atoms with E-state index in [4.69, 9.17) is 9.47 Å². The minimum absolute atomic E-state index is 0.108. The number of ether oxygens (including phenoxy) is 2. The maximum absolute atomic E-state index is 11.9. The summed E-state index contributed by atoms with van der Waals surface area (Å²) in [5.41, 5.74) is 7.25. The molecule has 0 spiro atoms. The minimum atomic E-state index is -0.116. The van der Waals surface area contributed by atoms with Crippen molar-refractivity contribution < 1.29 is 34.7 Å². The highest BCUT2D eigenvalue weighted by molar-refractivity contribution is 7.10. The molecule has 6 aromatic heterocycles. The predicted octanol–water partition coefficient (Wildman–Crippen LogP) is 13.3. The van der Waals surface area contributed by atoms with Gasteiger partial charge in [-0.25, -0.2) is 19.9 Å². The number of pyridine rings is 4. The van der Waals surface area contributed by atoms with E-state index in [-0.39, 0.29) is 28.9 Å². The van der Waals surface area contributed by atoms with Crippen molar-refractivity contribution in [2.24, 2.45) is 0 Å². The lowest BCUT2D eigenvalue weighted by Gasteiger charge is -2.08. The zero-order chi connectivity index (χ0) is 57.0. The molecule has 15 nitrogen and oxygen atoms in total. The molecule has 0 aliphatic rings. The van der Waals surface area contributed by atoms with E-state index < -0.39 is 0 Å². The Morgan fingerprint density at radius 1 is 0.439 bits per heavy atom. The van der Waals surface area contributed by atoms with Crippen LogP contribution in [-0.2, 0) is 43.9 Å². The van der Waals surface area contributed by atoms with Crippen molar-refractivity contribution in [2.75, 3.05) is 24.9 Å². The Bertz CT molecular complexity index is 4030. The number of amides is 1. The second kappa shape index (κ2) is 28.5. The Hall–Kier alpha value is -9.65. The molecular weight excluding hydrogens is 1070 g/mol. The SMILES string of the molecule is COc1cccc(CNCc2ccc3cccc(O)c3n2)c1.COc1cccc(NCc2ccc3cccc(O)c3n2)c1.O=C(Cc1cccs1)Nc1ccc2cccc(O)c2n1.Oc1cccc2ccc(CNCc3cccs3)nc12. The van der Waals surface area contributed by atoms with Crippen LogP contribution in [0.25, 0.3) is 43.6 Å². The number of fused-ring (bicyclic) bond motifs is 4. The summed E-state index contributed by atoms with van der Waals surface area (Å²) < 4.78 is 10.4. The van der Waals surface area contributed by atoms with E-state index >= 15 is 0 Å². The number of thiophene rings is 2. The molecule has 1 amide bonds. The quantitative estimate of drug-likeness (QED) is 0.0452. The maximum Gasteiger partial charge on any atom is 0.230 e. The summed E-state index contributed by atoms with van der Waals surface area (Å²) in [4.78, 5) is 31.9. The summed E-state index contributed by atoms with van der Waals surface area (Å²) >= 11 is 3.29. The highest BCUT2D eigenvalue weighted by atomic mass is 32.1. The first kappa shape index (κ1) is 57.0. The number of hydrogen-bond donors (Lipinski definition) is 8. The number of hydrogen-bond acceptors (Lipinski definition) is 16. The number of nitrogens with one attached hydrogen (secondary N) is 4. The molecule has 0 unspecified atom stereocenters. The number of anilines is 2. The van der Waals surface area contributed by atoms with Crippen LogP contribution in [0, 0.1) is 0 Å². The number of carbonyl (C=O) groups excluding carboxylic acids is 1. The monoisotopic (exact) mass is 1130 g/mol. The Kier molecular flexibility index (Phi) is 19.8. The average molecular weight is 1130 g/mol.